The molecule has 4 nitrogen and oxygen atoms in total. The summed E-state index contributed by atoms with van der Waals surface area (Å²) < 4.78 is 5.36. The molecule has 1 N–H and O–H groups in total. The Morgan fingerprint density at radius 3 is 3.00 bits per heavy atom. The Morgan fingerprint density at radius 2 is 2.21 bits per heavy atom. The molecule has 1 aliphatic carbocycles. The van der Waals surface area contributed by atoms with Gasteiger partial charge in [0.15, 0.2) is 5.17 Å². The van der Waals surface area contributed by atoms with Gasteiger partial charge in [0.05, 0.1) is 19.8 Å². The number of nitrogens with one attached hydrogen (secondary N) is 1. The summed E-state index contributed by atoms with van der Waals surface area (Å²) in [5.41, 5.74) is 0. The van der Waals surface area contributed by atoms with Crippen molar-refractivity contribution >= 4 is 16.9 Å². The molecule has 0 spiro atoms. The fraction of sp³-hybridized carbons (Fsp3) is 0.929. The van der Waals surface area contributed by atoms with Crippen LogP contribution in [-0.2, 0) is 4.74 Å². The van der Waals surface area contributed by atoms with Crippen LogP contribution in [0.3, 0.4) is 0 Å². The van der Waals surface area contributed by atoms with Gasteiger partial charge in [-0.15, -0.1) is 0 Å². The van der Waals surface area contributed by atoms with E-state index in [1.54, 1.807) is 0 Å². The van der Waals surface area contributed by atoms with E-state index in [4.69, 9.17) is 9.73 Å². The van der Waals surface area contributed by atoms with Crippen LogP contribution in [0.2, 0.25) is 0 Å². The number of amidine groups is 1. The molecule has 108 valence electrons. The molecule has 0 bridgehead atoms. The van der Waals surface area contributed by atoms with Crippen LogP contribution in [0.1, 0.15) is 26.2 Å². The lowest BCUT2D eigenvalue weighted by molar-refractivity contribution is 0.0394. The van der Waals surface area contributed by atoms with Crippen LogP contribution >= 0.6 is 11.8 Å². The number of aliphatic imine (C=N–C) groups is 1. The second kappa shape index (κ2) is 6.46. The lowest BCUT2D eigenvalue weighted by Gasteiger charge is -2.29. The van der Waals surface area contributed by atoms with Crippen molar-refractivity contribution in [2.45, 2.75) is 37.5 Å². The van der Waals surface area contributed by atoms with E-state index >= 15 is 0 Å². The average Bonchev–Trinajstić information content (AvgIpc) is 2.84. The molecule has 3 aliphatic rings. The number of hydrogen-bond acceptors (Lipinski definition) is 4. The van der Waals surface area contributed by atoms with E-state index in [1.165, 1.54) is 24.4 Å². The van der Waals surface area contributed by atoms with Crippen LogP contribution in [-0.4, -0.2) is 60.8 Å². The first-order chi connectivity index (χ1) is 9.33. The third-order valence-electron chi connectivity index (χ3n) is 4.49. The minimum atomic E-state index is 0.667. The summed E-state index contributed by atoms with van der Waals surface area (Å²) in [7, 11) is 0. The molecule has 0 aromatic heterocycles. The van der Waals surface area contributed by atoms with Crippen LogP contribution in [0.25, 0.3) is 0 Å². The second-order valence-electron chi connectivity index (χ2n) is 5.88. The molecule has 0 aromatic carbocycles. The Balaban J connectivity index is 1.46. The Hall–Kier alpha value is -0.260. The first-order valence-corrected chi connectivity index (χ1v) is 8.48. The van der Waals surface area contributed by atoms with Crippen molar-refractivity contribution in [3.05, 3.63) is 0 Å². The van der Waals surface area contributed by atoms with E-state index in [0.29, 0.717) is 6.04 Å². The molecule has 0 amide bonds. The number of hydrogen-bond donors (Lipinski definition) is 1. The molecule has 0 aromatic rings. The number of nitrogens with zero attached hydrogens (tertiary/aromatic N) is 2. The van der Waals surface area contributed by atoms with Crippen LogP contribution in [0.15, 0.2) is 4.99 Å². The molecule has 5 heteroatoms. The fourth-order valence-corrected chi connectivity index (χ4v) is 4.68. The van der Waals surface area contributed by atoms with Gasteiger partial charge >= 0.3 is 0 Å². The smallest absolute Gasteiger partial charge is 0.157 e. The second-order valence-corrected chi connectivity index (χ2v) is 7.10. The third kappa shape index (κ3) is 3.44. The molecule has 19 heavy (non-hydrogen) atoms. The number of fused-ring (bicyclic) bond motifs is 1. The largest absolute Gasteiger partial charge is 0.379 e. The quantitative estimate of drug-likeness (QED) is 0.853. The molecule has 3 rings (SSSR count). The van der Waals surface area contributed by atoms with Gasteiger partial charge in [0, 0.05) is 30.9 Å². The van der Waals surface area contributed by atoms with E-state index in [9.17, 15) is 0 Å². The van der Waals surface area contributed by atoms with Crippen molar-refractivity contribution < 1.29 is 4.74 Å². The SMILES string of the molecule is CC1CCCC2SC(=NCCN3CCOCC3)NC12. The van der Waals surface area contributed by atoms with Crippen molar-refractivity contribution in [2.75, 3.05) is 39.4 Å². The first kappa shape index (κ1) is 13.7. The zero-order valence-corrected chi connectivity index (χ0v) is 12.6. The molecule has 1 saturated carbocycles. The maximum atomic E-state index is 5.36. The van der Waals surface area contributed by atoms with Crippen molar-refractivity contribution in [1.82, 2.24) is 10.2 Å². The Morgan fingerprint density at radius 1 is 1.37 bits per heavy atom. The van der Waals surface area contributed by atoms with Crippen molar-refractivity contribution in [2.24, 2.45) is 10.9 Å². The maximum absolute atomic E-state index is 5.36. The lowest BCUT2D eigenvalue weighted by Crippen LogP contribution is -2.40. The monoisotopic (exact) mass is 283 g/mol. The highest BCUT2D eigenvalue weighted by molar-refractivity contribution is 8.14. The van der Waals surface area contributed by atoms with Crippen LogP contribution < -0.4 is 5.32 Å². The Kier molecular flexibility index (Phi) is 4.66. The van der Waals surface area contributed by atoms with Gasteiger partial charge in [0.1, 0.15) is 0 Å². The van der Waals surface area contributed by atoms with E-state index in [-0.39, 0.29) is 0 Å². The van der Waals surface area contributed by atoms with Crippen molar-refractivity contribution in [1.29, 1.82) is 0 Å². The summed E-state index contributed by atoms with van der Waals surface area (Å²) in [5.74, 6) is 0.804. The molecule has 0 radical (unpaired) electrons. The van der Waals surface area contributed by atoms with E-state index < -0.39 is 0 Å². The summed E-state index contributed by atoms with van der Waals surface area (Å²) in [6.45, 7) is 8.25. The highest BCUT2D eigenvalue weighted by Gasteiger charge is 2.37. The van der Waals surface area contributed by atoms with Crippen LogP contribution in [0.5, 0.6) is 0 Å². The molecule has 3 fully saturated rings. The number of thioether (sulfide) groups is 1. The number of morpholine rings is 1. The molecule has 2 heterocycles. The number of ether oxygens (including phenoxy) is 1. The normalized spacial score (nSPS) is 38.2. The summed E-state index contributed by atoms with van der Waals surface area (Å²) in [5, 5.41) is 5.61. The standard InChI is InChI=1S/C14H25N3OS/c1-11-3-2-4-12-13(11)16-14(19-12)15-5-6-17-7-9-18-10-8-17/h11-13H,2-10H2,1H3,(H,15,16). The average molecular weight is 283 g/mol. The van der Waals surface area contributed by atoms with Gasteiger partial charge in [-0.1, -0.05) is 25.1 Å². The lowest BCUT2D eigenvalue weighted by atomic mass is 9.86. The molecule has 3 unspecified atom stereocenters. The molecule has 3 atom stereocenters. The van der Waals surface area contributed by atoms with E-state index in [2.05, 4.69) is 17.1 Å². The van der Waals surface area contributed by atoms with E-state index in [1.807, 2.05) is 11.8 Å². The van der Waals surface area contributed by atoms with Crippen LogP contribution in [0, 0.1) is 5.92 Å². The highest BCUT2D eigenvalue weighted by atomic mass is 32.2. The molecule has 2 saturated heterocycles. The summed E-state index contributed by atoms with van der Waals surface area (Å²) in [6, 6.07) is 0.667. The van der Waals surface area contributed by atoms with E-state index in [0.717, 1.165) is 50.6 Å². The number of rotatable bonds is 3. The predicted molar refractivity (Wildman–Crippen MR) is 80.9 cm³/mol. The summed E-state index contributed by atoms with van der Waals surface area (Å²) in [4.78, 5) is 7.21. The maximum Gasteiger partial charge on any atom is 0.157 e. The molecular weight excluding hydrogens is 258 g/mol. The Bertz CT molecular complexity index is 331. The Labute approximate surface area is 120 Å². The first-order valence-electron chi connectivity index (χ1n) is 7.60. The summed E-state index contributed by atoms with van der Waals surface area (Å²) in [6.07, 6.45) is 4.11. The zero-order valence-electron chi connectivity index (χ0n) is 11.8. The van der Waals surface area contributed by atoms with Gasteiger partial charge < -0.3 is 10.1 Å². The van der Waals surface area contributed by atoms with Gasteiger partial charge in [0.25, 0.3) is 0 Å². The van der Waals surface area contributed by atoms with Crippen molar-refractivity contribution in [3.63, 3.8) is 0 Å². The predicted octanol–water partition coefficient (Wildman–Crippen LogP) is 1.57. The molecule has 2 aliphatic heterocycles. The van der Waals surface area contributed by atoms with Crippen molar-refractivity contribution in [3.8, 4) is 0 Å². The van der Waals surface area contributed by atoms with Gasteiger partial charge in [-0.25, -0.2) is 0 Å². The van der Waals surface area contributed by atoms with Gasteiger partial charge in [-0.3, -0.25) is 9.89 Å². The minimum absolute atomic E-state index is 0.667. The highest BCUT2D eigenvalue weighted by Crippen LogP contribution is 2.37. The fourth-order valence-electron chi connectivity index (χ4n) is 3.25. The summed E-state index contributed by atoms with van der Waals surface area (Å²) >= 11 is 1.98. The minimum Gasteiger partial charge on any atom is -0.379 e. The van der Waals surface area contributed by atoms with Gasteiger partial charge in [-0.05, 0) is 18.8 Å². The van der Waals surface area contributed by atoms with Crippen LogP contribution in [0.4, 0.5) is 0 Å². The van der Waals surface area contributed by atoms with Gasteiger partial charge in [-0.2, -0.15) is 0 Å². The zero-order chi connectivity index (χ0) is 13.1. The molecular formula is C14H25N3OS. The topological polar surface area (TPSA) is 36.9 Å². The third-order valence-corrected chi connectivity index (χ3v) is 5.79. The van der Waals surface area contributed by atoms with Gasteiger partial charge in [0.2, 0.25) is 0 Å².